The normalized spacial score (nSPS) is 20.0. The largest absolute Gasteiger partial charge is 0.486 e. The summed E-state index contributed by atoms with van der Waals surface area (Å²) in [4.78, 5) is 0.223. The average molecular weight is 438 g/mol. The first kappa shape index (κ1) is 20.2. The van der Waals surface area contributed by atoms with E-state index in [0.29, 0.717) is 37.7 Å². The number of hydrogen-bond acceptors (Lipinski definition) is 6. The Morgan fingerprint density at radius 2 is 1.59 bits per heavy atom. The van der Waals surface area contributed by atoms with E-state index in [2.05, 4.69) is 0 Å². The van der Waals surface area contributed by atoms with Crippen molar-refractivity contribution in [1.29, 1.82) is 0 Å². The van der Waals surface area contributed by atoms with Crippen LogP contribution < -0.4 is 9.47 Å². The number of hydrogen-bond donors (Lipinski definition) is 0. The van der Waals surface area contributed by atoms with Gasteiger partial charge in [0, 0.05) is 6.54 Å². The van der Waals surface area contributed by atoms with E-state index >= 15 is 0 Å². The monoisotopic (exact) mass is 437 g/mol. The fraction of sp³-hybridized carbons (Fsp3) is 0.400. The molecule has 1 unspecified atom stereocenters. The summed E-state index contributed by atoms with van der Waals surface area (Å²) in [6.45, 7) is 2.94. The zero-order chi connectivity index (χ0) is 20.6. The zero-order valence-corrected chi connectivity index (χ0v) is 17.7. The summed E-state index contributed by atoms with van der Waals surface area (Å²) in [6, 6.07) is 10.7. The van der Waals surface area contributed by atoms with E-state index in [1.165, 1.54) is 28.6 Å². The van der Waals surface area contributed by atoms with Gasteiger partial charge in [-0.15, -0.1) is 0 Å². The smallest absolute Gasteiger partial charge is 0.243 e. The lowest BCUT2D eigenvalue weighted by Gasteiger charge is -2.26. The minimum absolute atomic E-state index is 0.0303. The maximum absolute atomic E-state index is 13.3. The highest BCUT2D eigenvalue weighted by atomic mass is 32.2. The number of fused-ring (bicyclic) bond motifs is 1. The molecule has 0 N–H and O–H groups in total. The van der Waals surface area contributed by atoms with Crippen molar-refractivity contribution >= 4 is 19.9 Å². The molecule has 7 nitrogen and oxygen atoms in total. The van der Waals surface area contributed by atoms with Gasteiger partial charge in [-0.2, -0.15) is 4.31 Å². The first-order chi connectivity index (χ1) is 13.8. The zero-order valence-electron chi connectivity index (χ0n) is 16.1. The summed E-state index contributed by atoms with van der Waals surface area (Å²) >= 11 is 0. The van der Waals surface area contributed by atoms with Crippen molar-refractivity contribution in [2.45, 2.75) is 35.6 Å². The molecule has 1 saturated heterocycles. The van der Waals surface area contributed by atoms with Gasteiger partial charge in [0.15, 0.2) is 21.3 Å². The minimum atomic E-state index is -3.76. The Bertz CT molecular complexity index is 1110. The van der Waals surface area contributed by atoms with Gasteiger partial charge in [-0.25, -0.2) is 16.8 Å². The molecule has 4 rings (SSSR count). The van der Waals surface area contributed by atoms with Gasteiger partial charge in [-0.1, -0.05) is 13.0 Å². The molecular weight excluding hydrogens is 414 g/mol. The van der Waals surface area contributed by atoms with Crippen LogP contribution in [0.15, 0.2) is 52.3 Å². The lowest BCUT2D eigenvalue weighted by molar-refractivity contribution is 0.171. The second-order valence-electron chi connectivity index (χ2n) is 7.05. The van der Waals surface area contributed by atoms with E-state index in [1.54, 1.807) is 6.92 Å². The number of ether oxygens (including phenoxy) is 2. The van der Waals surface area contributed by atoms with Gasteiger partial charge in [0.05, 0.1) is 21.6 Å². The van der Waals surface area contributed by atoms with E-state index in [-0.39, 0.29) is 21.6 Å². The molecule has 2 aliphatic rings. The van der Waals surface area contributed by atoms with Crippen LogP contribution >= 0.6 is 0 Å². The molecule has 0 amide bonds. The molecule has 2 aromatic carbocycles. The highest BCUT2D eigenvalue weighted by Crippen LogP contribution is 2.40. The minimum Gasteiger partial charge on any atom is -0.486 e. The first-order valence-electron chi connectivity index (χ1n) is 9.57. The lowest BCUT2D eigenvalue weighted by Crippen LogP contribution is -2.30. The molecular formula is C20H23NO6S2. The summed E-state index contributed by atoms with van der Waals surface area (Å²) in [6.07, 6.45) is 1.46. The van der Waals surface area contributed by atoms with Crippen molar-refractivity contribution in [3.8, 4) is 11.5 Å². The van der Waals surface area contributed by atoms with Crippen LogP contribution in [0.5, 0.6) is 11.5 Å². The van der Waals surface area contributed by atoms with Gasteiger partial charge < -0.3 is 9.47 Å². The van der Waals surface area contributed by atoms with Crippen molar-refractivity contribution in [3.63, 3.8) is 0 Å². The third-order valence-electron chi connectivity index (χ3n) is 5.32. The van der Waals surface area contributed by atoms with Crippen molar-refractivity contribution in [3.05, 3.63) is 48.0 Å². The van der Waals surface area contributed by atoms with E-state index in [4.69, 9.17) is 9.47 Å². The fourth-order valence-corrected chi connectivity index (χ4v) is 6.32. The number of benzene rings is 2. The second-order valence-corrected chi connectivity index (χ2v) is 11.2. The Balaban J connectivity index is 1.64. The Morgan fingerprint density at radius 1 is 0.931 bits per heavy atom. The van der Waals surface area contributed by atoms with E-state index in [0.717, 1.165) is 12.0 Å². The molecule has 9 heteroatoms. The van der Waals surface area contributed by atoms with E-state index < -0.39 is 19.9 Å². The van der Waals surface area contributed by atoms with Crippen LogP contribution in [-0.4, -0.2) is 46.7 Å². The number of rotatable bonds is 5. The SMILES string of the molecule is CCS(=O)(=O)c1ccc(S(=O)(=O)N2CCCC2c2ccc3c(c2)OCCO3)cc1. The number of sulfonamides is 1. The molecule has 2 aromatic rings. The Hall–Kier alpha value is -2.10. The van der Waals surface area contributed by atoms with E-state index in [1.807, 2.05) is 18.2 Å². The molecule has 0 spiro atoms. The highest BCUT2D eigenvalue weighted by molar-refractivity contribution is 7.91. The average Bonchev–Trinajstić information content (AvgIpc) is 3.24. The van der Waals surface area contributed by atoms with Crippen molar-refractivity contribution < 1.29 is 26.3 Å². The predicted octanol–water partition coefficient (Wildman–Crippen LogP) is 2.78. The quantitative estimate of drug-likeness (QED) is 0.715. The maximum Gasteiger partial charge on any atom is 0.243 e. The molecule has 0 radical (unpaired) electrons. The van der Waals surface area contributed by atoms with Crippen molar-refractivity contribution in [1.82, 2.24) is 4.31 Å². The summed E-state index contributed by atoms with van der Waals surface area (Å²) < 4.78 is 63.2. The summed E-state index contributed by atoms with van der Waals surface area (Å²) in [5.41, 5.74) is 0.862. The lowest BCUT2D eigenvalue weighted by atomic mass is 10.0. The van der Waals surface area contributed by atoms with Gasteiger partial charge >= 0.3 is 0 Å². The fourth-order valence-electron chi connectivity index (χ4n) is 3.75. The molecule has 2 heterocycles. The third kappa shape index (κ3) is 3.74. The Morgan fingerprint density at radius 3 is 2.28 bits per heavy atom. The standard InChI is InChI=1S/C20H23NO6S2/c1-2-28(22,23)16-6-8-17(9-7-16)29(24,25)21-11-3-4-18(21)15-5-10-19-20(14-15)27-13-12-26-19/h5-10,14,18H,2-4,11-13H2,1H3. The summed E-state index contributed by atoms with van der Waals surface area (Å²) in [5, 5.41) is 0. The third-order valence-corrected chi connectivity index (χ3v) is 9.00. The van der Waals surface area contributed by atoms with Crippen LogP contribution in [0.2, 0.25) is 0 Å². The molecule has 29 heavy (non-hydrogen) atoms. The summed E-state index contributed by atoms with van der Waals surface area (Å²) in [5.74, 6) is 1.27. The molecule has 1 fully saturated rings. The molecule has 1 atom stereocenters. The van der Waals surface area contributed by atoms with E-state index in [9.17, 15) is 16.8 Å². The van der Waals surface area contributed by atoms with Crippen LogP contribution in [0.3, 0.4) is 0 Å². The van der Waals surface area contributed by atoms with Gasteiger partial charge in [0.2, 0.25) is 10.0 Å². The highest BCUT2D eigenvalue weighted by Gasteiger charge is 2.36. The topological polar surface area (TPSA) is 90.0 Å². The van der Waals surface area contributed by atoms with Gasteiger partial charge in [-0.05, 0) is 54.8 Å². The first-order valence-corrected chi connectivity index (χ1v) is 12.7. The number of sulfone groups is 1. The summed E-state index contributed by atoms with van der Waals surface area (Å²) in [7, 11) is -7.14. The van der Waals surface area contributed by atoms with Crippen LogP contribution in [0, 0.1) is 0 Å². The van der Waals surface area contributed by atoms with Crippen molar-refractivity contribution in [2.75, 3.05) is 25.5 Å². The van der Waals surface area contributed by atoms with Crippen molar-refractivity contribution in [2.24, 2.45) is 0 Å². The van der Waals surface area contributed by atoms with Gasteiger partial charge in [-0.3, -0.25) is 0 Å². The van der Waals surface area contributed by atoms with Crippen LogP contribution in [-0.2, 0) is 19.9 Å². The van der Waals surface area contributed by atoms with Crippen LogP contribution in [0.1, 0.15) is 31.4 Å². The molecule has 156 valence electrons. The Kier molecular flexibility index (Phi) is 5.30. The molecule has 0 bridgehead atoms. The number of nitrogens with zero attached hydrogens (tertiary/aromatic N) is 1. The van der Waals surface area contributed by atoms with Gasteiger partial charge in [0.1, 0.15) is 13.2 Å². The van der Waals surface area contributed by atoms with Crippen LogP contribution in [0.4, 0.5) is 0 Å². The molecule has 0 aromatic heterocycles. The predicted molar refractivity (Wildman–Crippen MR) is 107 cm³/mol. The van der Waals surface area contributed by atoms with Crippen LogP contribution in [0.25, 0.3) is 0 Å². The molecule has 0 aliphatic carbocycles. The van der Waals surface area contributed by atoms with Gasteiger partial charge in [0.25, 0.3) is 0 Å². The molecule has 0 saturated carbocycles. The second kappa shape index (κ2) is 7.62. The maximum atomic E-state index is 13.3. The molecule has 2 aliphatic heterocycles. The Labute approximate surface area is 171 Å².